The minimum absolute atomic E-state index is 0.334. The summed E-state index contributed by atoms with van der Waals surface area (Å²) < 4.78 is 12.5. The van der Waals surface area contributed by atoms with E-state index in [1.165, 1.54) is 0 Å². The molecule has 10 rings (SSSR count). The molecular formula is C55H38N6O2. The van der Waals surface area contributed by atoms with E-state index < -0.39 is 0 Å². The Labute approximate surface area is 365 Å². The second kappa shape index (κ2) is 17.1. The summed E-state index contributed by atoms with van der Waals surface area (Å²) in [5.41, 5.74) is 16.3. The minimum Gasteiger partial charge on any atom is -0.449 e. The zero-order valence-corrected chi connectivity index (χ0v) is 34.0. The van der Waals surface area contributed by atoms with E-state index in [-0.39, 0.29) is 0 Å². The fourth-order valence-electron chi connectivity index (χ4n) is 7.32. The summed E-state index contributed by atoms with van der Waals surface area (Å²) in [5, 5.41) is 0. The Bertz CT molecular complexity index is 3090. The van der Waals surface area contributed by atoms with Gasteiger partial charge in [0.1, 0.15) is 5.84 Å². The molecule has 2 N–H and O–H groups in total. The number of para-hydroxylation sites is 3. The van der Waals surface area contributed by atoms with Gasteiger partial charge in [0.2, 0.25) is 0 Å². The summed E-state index contributed by atoms with van der Waals surface area (Å²) >= 11 is 0. The lowest BCUT2D eigenvalue weighted by atomic mass is 9.98. The minimum atomic E-state index is 0.334. The molecule has 0 saturated heterocycles. The molecule has 0 atom stereocenters. The smallest absolute Gasteiger partial charge is 0.179 e. The highest BCUT2D eigenvalue weighted by atomic mass is 16.6. The van der Waals surface area contributed by atoms with Crippen molar-refractivity contribution in [2.75, 3.05) is 0 Å². The lowest BCUT2D eigenvalue weighted by Crippen LogP contribution is -2.16. The third-order valence-corrected chi connectivity index (χ3v) is 10.6. The van der Waals surface area contributed by atoms with Crippen LogP contribution in [0, 0.1) is 0 Å². The number of aromatic nitrogens is 3. The van der Waals surface area contributed by atoms with Crippen molar-refractivity contribution in [3.05, 3.63) is 230 Å². The zero-order valence-electron chi connectivity index (χ0n) is 34.0. The number of fused-ring (bicyclic) bond motifs is 2. The summed E-state index contributed by atoms with van der Waals surface area (Å²) in [6, 6.07) is 67.8. The fraction of sp³-hybridized carbons (Fsp3) is 0. The molecule has 0 spiro atoms. The second-order valence-corrected chi connectivity index (χ2v) is 14.8. The van der Waals surface area contributed by atoms with Gasteiger partial charge in [-0.1, -0.05) is 189 Å². The Morgan fingerprint density at radius 2 is 0.794 bits per heavy atom. The average Bonchev–Trinajstić information content (AvgIpc) is 3.36. The largest absolute Gasteiger partial charge is 0.449 e. The van der Waals surface area contributed by atoms with Crippen LogP contribution in [0.25, 0.3) is 62.1 Å². The normalized spacial score (nSPS) is 12.1. The number of hydrogen-bond acceptors (Lipinski definition) is 6. The van der Waals surface area contributed by atoms with Crippen molar-refractivity contribution in [1.29, 1.82) is 0 Å². The van der Waals surface area contributed by atoms with E-state index in [1.54, 1.807) is 0 Å². The van der Waals surface area contributed by atoms with E-state index in [0.29, 0.717) is 63.4 Å². The number of benzene rings is 8. The van der Waals surface area contributed by atoms with Gasteiger partial charge in [-0.15, -0.1) is 0 Å². The number of nitrogens with two attached hydrogens (primary N) is 1. The van der Waals surface area contributed by atoms with Gasteiger partial charge in [-0.3, -0.25) is 0 Å². The maximum atomic E-state index is 6.57. The molecule has 2 heterocycles. The molecule has 0 fully saturated rings. The van der Waals surface area contributed by atoms with E-state index in [9.17, 15) is 0 Å². The summed E-state index contributed by atoms with van der Waals surface area (Å²) in [4.78, 5) is 24.4. The monoisotopic (exact) mass is 814 g/mol. The first-order chi connectivity index (χ1) is 31.0. The van der Waals surface area contributed by atoms with Gasteiger partial charge in [0.15, 0.2) is 46.3 Å². The average molecular weight is 815 g/mol. The van der Waals surface area contributed by atoms with Crippen LogP contribution in [0.5, 0.6) is 23.0 Å². The molecule has 1 aromatic heterocycles. The topological polar surface area (TPSA) is 108 Å². The molecule has 0 saturated carbocycles. The number of hydrogen-bond donors (Lipinski definition) is 1. The highest BCUT2D eigenvalue weighted by Crippen LogP contribution is 2.48. The van der Waals surface area contributed by atoms with Crippen LogP contribution in [-0.2, 0) is 0 Å². The van der Waals surface area contributed by atoms with E-state index in [1.807, 2.05) is 146 Å². The summed E-state index contributed by atoms with van der Waals surface area (Å²) in [7, 11) is 0. The first-order valence-corrected chi connectivity index (χ1v) is 20.5. The fourth-order valence-corrected chi connectivity index (χ4v) is 7.32. The van der Waals surface area contributed by atoms with Gasteiger partial charge in [-0.25, -0.2) is 24.9 Å². The van der Waals surface area contributed by atoms with Gasteiger partial charge in [0, 0.05) is 33.4 Å². The van der Waals surface area contributed by atoms with Crippen molar-refractivity contribution in [2.24, 2.45) is 15.7 Å². The summed E-state index contributed by atoms with van der Waals surface area (Å²) in [6.07, 6.45) is 0. The molecule has 0 radical (unpaired) electrons. The molecular weight excluding hydrogens is 777 g/mol. The molecule has 0 aliphatic carbocycles. The third kappa shape index (κ3) is 8.24. The van der Waals surface area contributed by atoms with E-state index in [4.69, 9.17) is 40.1 Å². The predicted molar refractivity (Wildman–Crippen MR) is 253 cm³/mol. The molecule has 300 valence electrons. The van der Waals surface area contributed by atoms with Crippen molar-refractivity contribution < 1.29 is 9.47 Å². The summed E-state index contributed by atoms with van der Waals surface area (Å²) in [5.74, 6) is 5.01. The SMILES string of the molecule is C=C(N=C(N=C(N)c1ccccc1)c1ccc(-c2ccc(-c3ccc(-c4nc(-c5ccccc5)nc(-c5ccccc5)n4)cc3)cc2)cc1)c1cccc2c1Oc1ccccc1O2. The van der Waals surface area contributed by atoms with Crippen molar-refractivity contribution in [3.8, 4) is 79.4 Å². The number of nitrogens with zero attached hydrogens (tertiary/aromatic N) is 5. The number of aliphatic imine (C=N–C) groups is 2. The molecule has 0 unspecified atom stereocenters. The Morgan fingerprint density at radius 3 is 1.32 bits per heavy atom. The lowest BCUT2D eigenvalue weighted by molar-refractivity contribution is 0.358. The van der Waals surface area contributed by atoms with Crippen molar-refractivity contribution in [3.63, 3.8) is 0 Å². The quantitative estimate of drug-likeness (QED) is 0.115. The molecule has 0 bridgehead atoms. The number of ether oxygens (including phenoxy) is 2. The van der Waals surface area contributed by atoms with Gasteiger partial charge < -0.3 is 15.2 Å². The second-order valence-electron chi connectivity index (χ2n) is 14.8. The molecule has 1 aliphatic rings. The van der Waals surface area contributed by atoms with Crippen LogP contribution in [0.2, 0.25) is 0 Å². The first-order valence-electron chi connectivity index (χ1n) is 20.5. The molecule has 0 amide bonds. The molecule has 8 aromatic carbocycles. The molecule has 8 heteroatoms. The zero-order chi connectivity index (χ0) is 42.5. The molecule has 9 aromatic rings. The van der Waals surface area contributed by atoms with Crippen LogP contribution in [0.4, 0.5) is 0 Å². The van der Waals surface area contributed by atoms with E-state index >= 15 is 0 Å². The highest BCUT2D eigenvalue weighted by Gasteiger charge is 2.23. The molecule has 63 heavy (non-hydrogen) atoms. The lowest BCUT2D eigenvalue weighted by Gasteiger charge is -2.22. The van der Waals surface area contributed by atoms with Gasteiger partial charge in [0.05, 0.1) is 5.70 Å². The Kier molecular flexibility index (Phi) is 10.4. The van der Waals surface area contributed by atoms with Crippen LogP contribution < -0.4 is 15.2 Å². The van der Waals surface area contributed by atoms with Crippen LogP contribution in [0.15, 0.2) is 223 Å². The third-order valence-electron chi connectivity index (χ3n) is 10.6. The maximum absolute atomic E-state index is 6.57. The number of rotatable bonds is 9. The molecule has 8 nitrogen and oxygen atoms in total. The highest BCUT2D eigenvalue weighted by molar-refractivity contribution is 6.12. The van der Waals surface area contributed by atoms with Gasteiger partial charge in [0.25, 0.3) is 0 Å². The first kappa shape index (κ1) is 38.5. The van der Waals surface area contributed by atoms with Crippen LogP contribution in [0.3, 0.4) is 0 Å². The maximum Gasteiger partial charge on any atom is 0.179 e. The van der Waals surface area contributed by atoms with Crippen LogP contribution >= 0.6 is 0 Å². The van der Waals surface area contributed by atoms with Crippen molar-refractivity contribution in [1.82, 2.24) is 15.0 Å². The van der Waals surface area contributed by atoms with Crippen molar-refractivity contribution >= 4 is 17.4 Å². The Balaban J connectivity index is 0.910. The van der Waals surface area contributed by atoms with E-state index in [2.05, 4.69) is 67.2 Å². The predicted octanol–water partition coefficient (Wildman–Crippen LogP) is 12.9. The summed E-state index contributed by atoms with van der Waals surface area (Å²) in [6.45, 7) is 4.34. The van der Waals surface area contributed by atoms with Crippen molar-refractivity contribution in [2.45, 2.75) is 0 Å². The van der Waals surface area contributed by atoms with Gasteiger partial charge in [-0.05, 0) is 46.5 Å². The standard InChI is InChI=1S/C55H38N6O2/c1-36(46-20-13-23-49-50(46)63-48-22-12-11-21-47(48)62-49)57-52(58-51(56)41-14-5-2-6-15-41)44-32-28-39(29-33-44)37-24-26-38(27-25-37)40-30-34-45(35-31-40)55-60-53(42-16-7-3-8-17-42)59-54(61-55)43-18-9-4-10-19-43/h2-35H,1H2,(H2,56,57,58). The van der Waals surface area contributed by atoms with Crippen LogP contribution in [0.1, 0.15) is 16.7 Å². The Hall–Kier alpha value is -8.75. The molecule has 1 aliphatic heterocycles. The Morgan fingerprint density at radius 1 is 0.381 bits per heavy atom. The van der Waals surface area contributed by atoms with Crippen LogP contribution in [-0.4, -0.2) is 26.6 Å². The van der Waals surface area contributed by atoms with Gasteiger partial charge >= 0.3 is 0 Å². The number of amidine groups is 2. The van der Waals surface area contributed by atoms with E-state index in [0.717, 1.165) is 50.1 Å². The van der Waals surface area contributed by atoms with Gasteiger partial charge in [-0.2, -0.15) is 0 Å².